The summed E-state index contributed by atoms with van der Waals surface area (Å²) in [5.41, 5.74) is 6.37. The van der Waals surface area contributed by atoms with E-state index in [0.717, 1.165) is 5.69 Å². The van der Waals surface area contributed by atoms with Gasteiger partial charge >= 0.3 is 5.97 Å². The van der Waals surface area contributed by atoms with E-state index < -0.39 is 16.8 Å². The molecule has 0 spiro atoms. The highest BCUT2D eigenvalue weighted by Gasteiger charge is 2.32. The van der Waals surface area contributed by atoms with Crippen LogP contribution in [0.1, 0.15) is 25.3 Å². The average molecular weight is 274 g/mol. The number of nitrogens with two attached hydrogens (primary N) is 1. The minimum Gasteiger partial charge on any atom is -0.480 e. The molecule has 0 saturated carbocycles. The van der Waals surface area contributed by atoms with E-state index in [4.69, 9.17) is 20.1 Å². The Balaban J connectivity index is 2.55. The zero-order valence-electron chi connectivity index (χ0n) is 10.7. The lowest BCUT2D eigenvalue weighted by atomic mass is 10.1. The SMILES string of the molecule is COCc1cc(CSC(C)(C)[C@@H](N)C(=O)O)no1. The van der Waals surface area contributed by atoms with Crippen molar-refractivity contribution >= 4 is 17.7 Å². The van der Waals surface area contributed by atoms with E-state index >= 15 is 0 Å². The quantitative estimate of drug-likeness (QED) is 0.771. The van der Waals surface area contributed by atoms with Crippen LogP contribution in [0, 0.1) is 0 Å². The summed E-state index contributed by atoms with van der Waals surface area (Å²) in [6, 6.07) is 0.867. The molecule has 1 heterocycles. The number of aliphatic carboxylic acids is 1. The zero-order chi connectivity index (χ0) is 13.8. The topological polar surface area (TPSA) is 98.6 Å². The van der Waals surface area contributed by atoms with Crippen molar-refractivity contribution in [1.82, 2.24) is 5.16 Å². The molecule has 0 aliphatic heterocycles. The third-order valence-electron chi connectivity index (χ3n) is 2.50. The van der Waals surface area contributed by atoms with Crippen LogP contribution >= 0.6 is 11.8 Å². The molecule has 0 amide bonds. The summed E-state index contributed by atoms with van der Waals surface area (Å²) in [6.07, 6.45) is 0. The van der Waals surface area contributed by atoms with Gasteiger partial charge in [0.1, 0.15) is 12.6 Å². The Kier molecular flexibility index (Phi) is 5.18. The van der Waals surface area contributed by atoms with Crippen molar-refractivity contribution in [2.24, 2.45) is 5.73 Å². The molecule has 18 heavy (non-hydrogen) atoms. The largest absolute Gasteiger partial charge is 0.480 e. The average Bonchev–Trinajstić information content (AvgIpc) is 2.74. The molecule has 0 radical (unpaired) electrons. The molecule has 7 heteroatoms. The number of carboxylic acids is 1. The summed E-state index contributed by atoms with van der Waals surface area (Å²) in [5, 5.41) is 12.8. The molecular weight excluding hydrogens is 256 g/mol. The van der Waals surface area contributed by atoms with Crippen LogP contribution in [0.2, 0.25) is 0 Å². The van der Waals surface area contributed by atoms with Gasteiger partial charge in [0.25, 0.3) is 0 Å². The Labute approximate surface area is 110 Å². The number of carbonyl (C=O) groups is 1. The maximum atomic E-state index is 10.9. The van der Waals surface area contributed by atoms with Crippen LogP contribution in [0.25, 0.3) is 0 Å². The second-order valence-corrected chi connectivity index (χ2v) is 6.06. The summed E-state index contributed by atoms with van der Waals surface area (Å²) >= 11 is 1.43. The number of methoxy groups -OCH3 is 1. The smallest absolute Gasteiger partial charge is 0.321 e. The van der Waals surface area contributed by atoms with Crippen LogP contribution in [-0.2, 0) is 21.9 Å². The summed E-state index contributed by atoms with van der Waals surface area (Å²) in [5.74, 6) is 0.183. The fourth-order valence-corrected chi connectivity index (χ4v) is 2.22. The van der Waals surface area contributed by atoms with Gasteiger partial charge in [-0.1, -0.05) is 5.16 Å². The highest BCUT2D eigenvalue weighted by Crippen LogP contribution is 2.30. The third kappa shape index (κ3) is 4.01. The van der Waals surface area contributed by atoms with Crippen molar-refractivity contribution in [2.75, 3.05) is 7.11 Å². The number of carboxylic acid groups (broad SMARTS) is 1. The molecule has 1 rings (SSSR count). The number of aromatic nitrogens is 1. The van der Waals surface area contributed by atoms with E-state index in [-0.39, 0.29) is 0 Å². The number of hydrogen-bond donors (Lipinski definition) is 2. The molecule has 0 bridgehead atoms. The number of rotatable bonds is 7. The second-order valence-electron chi connectivity index (χ2n) is 4.43. The summed E-state index contributed by atoms with van der Waals surface area (Å²) < 4.78 is 9.38. The van der Waals surface area contributed by atoms with Crippen molar-refractivity contribution in [3.8, 4) is 0 Å². The van der Waals surface area contributed by atoms with Gasteiger partial charge in [-0.05, 0) is 13.8 Å². The van der Waals surface area contributed by atoms with Crippen LogP contribution in [0.5, 0.6) is 0 Å². The molecule has 1 atom stereocenters. The van der Waals surface area contributed by atoms with Gasteiger partial charge in [0.15, 0.2) is 5.76 Å². The number of thioether (sulfide) groups is 1. The van der Waals surface area contributed by atoms with Gasteiger partial charge in [-0.3, -0.25) is 4.79 Å². The molecule has 3 N–H and O–H groups in total. The van der Waals surface area contributed by atoms with Crippen molar-refractivity contribution in [3.63, 3.8) is 0 Å². The van der Waals surface area contributed by atoms with Crippen LogP contribution in [0.15, 0.2) is 10.6 Å². The second kappa shape index (κ2) is 6.21. The van der Waals surface area contributed by atoms with Crippen LogP contribution < -0.4 is 5.73 Å². The molecule has 1 aromatic heterocycles. The Bertz CT molecular complexity index is 406. The molecule has 0 aromatic carbocycles. The van der Waals surface area contributed by atoms with Gasteiger partial charge in [-0.25, -0.2) is 0 Å². The van der Waals surface area contributed by atoms with Gasteiger partial charge in [0.2, 0.25) is 0 Å². The van der Waals surface area contributed by atoms with Gasteiger partial charge in [-0.15, -0.1) is 11.8 Å². The van der Waals surface area contributed by atoms with E-state index in [0.29, 0.717) is 18.1 Å². The highest BCUT2D eigenvalue weighted by molar-refractivity contribution is 7.99. The Hall–Kier alpha value is -1.05. The van der Waals surface area contributed by atoms with E-state index in [2.05, 4.69) is 5.16 Å². The minimum absolute atomic E-state index is 0.371. The van der Waals surface area contributed by atoms with E-state index in [1.165, 1.54) is 11.8 Å². The first-order chi connectivity index (χ1) is 8.36. The van der Waals surface area contributed by atoms with Gasteiger partial charge in [-0.2, -0.15) is 0 Å². The van der Waals surface area contributed by atoms with Crippen LogP contribution in [0.4, 0.5) is 0 Å². The molecule has 6 nitrogen and oxygen atoms in total. The Morgan fingerprint density at radius 2 is 2.39 bits per heavy atom. The van der Waals surface area contributed by atoms with Crippen molar-refractivity contribution in [3.05, 3.63) is 17.5 Å². The van der Waals surface area contributed by atoms with Crippen molar-refractivity contribution in [2.45, 2.75) is 37.0 Å². The summed E-state index contributed by atoms with van der Waals surface area (Å²) in [6.45, 7) is 3.97. The lowest BCUT2D eigenvalue weighted by Gasteiger charge is -2.27. The lowest BCUT2D eigenvalue weighted by Crippen LogP contribution is -2.46. The molecule has 0 aliphatic carbocycles. The number of ether oxygens (including phenoxy) is 1. The van der Waals surface area contributed by atoms with E-state index in [9.17, 15) is 4.79 Å². The molecule has 102 valence electrons. The van der Waals surface area contributed by atoms with Gasteiger partial charge in [0, 0.05) is 23.7 Å². The maximum Gasteiger partial charge on any atom is 0.321 e. The van der Waals surface area contributed by atoms with Crippen molar-refractivity contribution < 1.29 is 19.2 Å². The Morgan fingerprint density at radius 3 is 2.94 bits per heavy atom. The zero-order valence-corrected chi connectivity index (χ0v) is 11.5. The third-order valence-corrected chi connectivity index (χ3v) is 3.94. The predicted molar refractivity (Wildman–Crippen MR) is 68.2 cm³/mol. The fraction of sp³-hybridized carbons (Fsp3) is 0.636. The predicted octanol–water partition coefficient (Wildman–Crippen LogP) is 1.24. The molecule has 1 aromatic rings. The van der Waals surface area contributed by atoms with Crippen LogP contribution in [-0.4, -0.2) is 34.1 Å². The van der Waals surface area contributed by atoms with Gasteiger partial charge in [0.05, 0.1) is 5.69 Å². The maximum absolute atomic E-state index is 10.9. The lowest BCUT2D eigenvalue weighted by molar-refractivity contribution is -0.139. The van der Waals surface area contributed by atoms with E-state index in [1.54, 1.807) is 27.0 Å². The summed E-state index contributed by atoms with van der Waals surface area (Å²) in [4.78, 5) is 10.9. The minimum atomic E-state index is -1.01. The first-order valence-corrected chi connectivity index (χ1v) is 6.41. The van der Waals surface area contributed by atoms with Crippen LogP contribution in [0.3, 0.4) is 0 Å². The van der Waals surface area contributed by atoms with Crippen molar-refractivity contribution in [1.29, 1.82) is 0 Å². The molecule has 0 unspecified atom stereocenters. The van der Waals surface area contributed by atoms with E-state index in [1.807, 2.05) is 0 Å². The summed E-state index contributed by atoms with van der Waals surface area (Å²) in [7, 11) is 1.58. The molecule has 0 saturated heterocycles. The number of hydrogen-bond acceptors (Lipinski definition) is 6. The monoisotopic (exact) mass is 274 g/mol. The first-order valence-electron chi connectivity index (χ1n) is 5.42. The Morgan fingerprint density at radius 1 is 1.72 bits per heavy atom. The molecular formula is C11H18N2O4S. The normalized spacial score (nSPS) is 13.6. The first kappa shape index (κ1) is 15.0. The molecule has 0 aliphatic rings. The number of nitrogens with zero attached hydrogens (tertiary/aromatic N) is 1. The standard InChI is InChI=1S/C11H18N2O4S/c1-11(2,9(12)10(14)15)18-6-7-4-8(5-16-3)17-13-7/h4,9H,5-6,12H2,1-3H3,(H,14,15)/t9-/m0/s1. The highest BCUT2D eigenvalue weighted by atomic mass is 32.2. The van der Waals surface area contributed by atoms with Gasteiger partial charge < -0.3 is 20.1 Å². The fourth-order valence-electron chi connectivity index (χ4n) is 1.28. The molecule has 0 fully saturated rings.